The molecule has 92 valence electrons. The summed E-state index contributed by atoms with van der Waals surface area (Å²) in [6.45, 7) is 9.04. The van der Waals surface area contributed by atoms with E-state index in [1.807, 2.05) is 0 Å². The van der Waals surface area contributed by atoms with Gasteiger partial charge in [-0.05, 0) is 5.41 Å². The van der Waals surface area contributed by atoms with Crippen LogP contribution in [0.2, 0.25) is 0 Å². The van der Waals surface area contributed by atoms with Crippen LogP contribution in [0.25, 0.3) is 0 Å². The number of aliphatic carboxylic acids is 1. The van der Waals surface area contributed by atoms with E-state index >= 15 is 0 Å². The molecular formula is C10H17BrN2O3. The molecule has 16 heavy (non-hydrogen) atoms. The van der Waals surface area contributed by atoms with Crippen molar-refractivity contribution in [1.82, 2.24) is 10.6 Å². The molecule has 0 heterocycles. The predicted molar refractivity (Wildman–Crippen MR) is 65.5 cm³/mol. The second kappa shape index (κ2) is 5.89. The van der Waals surface area contributed by atoms with Crippen molar-refractivity contribution in [3.8, 4) is 0 Å². The van der Waals surface area contributed by atoms with Crippen LogP contribution in [0.3, 0.4) is 0 Å². The molecule has 1 unspecified atom stereocenters. The highest BCUT2D eigenvalue weighted by molar-refractivity contribution is 9.11. The van der Waals surface area contributed by atoms with Crippen LogP contribution in [-0.2, 0) is 4.79 Å². The van der Waals surface area contributed by atoms with Gasteiger partial charge in [0.05, 0.1) is 6.54 Å². The number of halogens is 1. The van der Waals surface area contributed by atoms with Crippen LogP contribution >= 0.6 is 15.9 Å². The summed E-state index contributed by atoms with van der Waals surface area (Å²) >= 11 is 3.08. The van der Waals surface area contributed by atoms with Gasteiger partial charge < -0.3 is 15.7 Å². The lowest BCUT2D eigenvalue weighted by Gasteiger charge is -2.27. The summed E-state index contributed by atoms with van der Waals surface area (Å²) in [7, 11) is 0. The molecule has 0 aromatic rings. The Hall–Kier alpha value is -1.04. The molecule has 0 spiro atoms. The molecule has 0 aromatic carbocycles. The van der Waals surface area contributed by atoms with Crippen LogP contribution in [0.1, 0.15) is 20.8 Å². The second-order valence-corrected chi connectivity index (χ2v) is 5.60. The Morgan fingerprint density at radius 1 is 1.44 bits per heavy atom. The van der Waals surface area contributed by atoms with Crippen molar-refractivity contribution in [3.05, 3.63) is 11.1 Å². The fourth-order valence-corrected chi connectivity index (χ4v) is 1.15. The molecule has 0 saturated carbocycles. The number of carboxylic acids is 1. The fourth-order valence-electron chi connectivity index (χ4n) is 1.01. The number of carbonyl (C=O) groups is 2. The Kier molecular flexibility index (Phi) is 5.50. The topological polar surface area (TPSA) is 78.4 Å². The second-order valence-electron chi connectivity index (χ2n) is 4.48. The van der Waals surface area contributed by atoms with Gasteiger partial charge in [0, 0.05) is 4.48 Å². The zero-order chi connectivity index (χ0) is 12.9. The molecule has 0 aromatic heterocycles. The molecule has 0 aliphatic heterocycles. The van der Waals surface area contributed by atoms with Gasteiger partial charge >= 0.3 is 12.0 Å². The van der Waals surface area contributed by atoms with E-state index in [9.17, 15) is 9.59 Å². The number of carbonyl (C=O) groups excluding carboxylic acids is 1. The maximum atomic E-state index is 11.4. The van der Waals surface area contributed by atoms with Gasteiger partial charge in [-0.15, -0.1) is 0 Å². The first-order valence-electron chi connectivity index (χ1n) is 4.75. The van der Waals surface area contributed by atoms with E-state index < -0.39 is 23.5 Å². The smallest absolute Gasteiger partial charge is 0.326 e. The van der Waals surface area contributed by atoms with Crippen molar-refractivity contribution in [1.29, 1.82) is 0 Å². The number of urea groups is 1. The summed E-state index contributed by atoms with van der Waals surface area (Å²) in [6, 6.07) is -1.46. The number of hydrogen-bond acceptors (Lipinski definition) is 2. The van der Waals surface area contributed by atoms with Crippen LogP contribution in [0.4, 0.5) is 4.79 Å². The van der Waals surface area contributed by atoms with Gasteiger partial charge in [0.1, 0.15) is 6.04 Å². The van der Waals surface area contributed by atoms with E-state index in [0.29, 0.717) is 4.48 Å². The minimum Gasteiger partial charge on any atom is -0.480 e. The maximum absolute atomic E-state index is 11.4. The molecule has 0 radical (unpaired) electrons. The zero-order valence-corrected chi connectivity index (χ0v) is 11.2. The monoisotopic (exact) mass is 292 g/mol. The largest absolute Gasteiger partial charge is 0.480 e. The third-order valence-corrected chi connectivity index (χ3v) is 2.11. The first-order valence-corrected chi connectivity index (χ1v) is 5.54. The van der Waals surface area contributed by atoms with E-state index in [-0.39, 0.29) is 6.54 Å². The summed E-state index contributed by atoms with van der Waals surface area (Å²) < 4.78 is 0.616. The summed E-state index contributed by atoms with van der Waals surface area (Å²) in [5.74, 6) is -1.06. The Labute approximate surface area is 103 Å². The van der Waals surface area contributed by atoms with Crippen molar-refractivity contribution in [2.75, 3.05) is 6.54 Å². The van der Waals surface area contributed by atoms with Gasteiger partial charge in [0.25, 0.3) is 0 Å². The first kappa shape index (κ1) is 15.0. The molecule has 2 amide bonds. The highest BCUT2D eigenvalue weighted by Crippen LogP contribution is 2.19. The quantitative estimate of drug-likeness (QED) is 0.738. The molecule has 0 rings (SSSR count). The average molecular weight is 293 g/mol. The van der Waals surface area contributed by atoms with Crippen molar-refractivity contribution in [2.24, 2.45) is 5.41 Å². The maximum Gasteiger partial charge on any atom is 0.326 e. The van der Waals surface area contributed by atoms with Crippen LogP contribution in [0, 0.1) is 5.41 Å². The normalized spacial score (nSPS) is 12.8. The SMILES string of the molecule is C=C(Br)CNC(=O)NC(C(=O)O)C(C)(C)C. The molecule has 5 nitrogen and oxygen atoms in total. The molecule has 0 saturated heterocycles. The van der Waals surface area contributed by atoms with E-state index in [4.69, 9.17) is 5.11 Å². The fraction of sp³-hybridized carbons (Fsp3) is 0.600. The van der Waals surface area contributed by atoms with E-state index in [2.05, 4.69) is 33.1 Å². The van der Waals surface area contributed by atoms with Crippen LogP contribution in [-0.4, -0.2) is 29.7 Å². The number of carboxylic acid groups (broad SMARTS) is 1. The van der Waals surface area contributed by atoms with Gasteiger partial charge in [0.2, 0.25) is 0 Å². The summed E-state index contributed by atoms with van der Waals surface area (Å²) in [6.07, 6.45) is 0. The molecular weight excluding hydrogens is 276 g/mol. The molecule has 6 heteroatoms. The van der Waals surface area contributed by atoms with Crippen molar-refractivity contribution < 1.29 is 14.7 Å². The lowest BCUT2D eigenvalue weighted by molar-refractivity contribution is -0.141. The van der Waals surface area contributed by atoms with E-state index in [1.54, 1.807) is 20.8 Å². The van der Waals surface area contributed by atoms with Gasteiger partial charge in [-0.25, -0.2) is 9.59 Å². The molecule has 0 fully saturated rings. The van der Waals surface area contributed by atoms with E-state index in [1.165, 1.54) is 0 Å². The highest BCUT2D eigenvalue weighted by atomic mass is 79.9. The average Bonchev–Trinajstić information content (AvgIpc) is 2.08. The minimum absolute atomic E-state index is 0.252. The third-order valence-electron chi connectivity index (χ3n) is 1.83. The van der Waals surface area contributed by atoms with Crippen LogP contribution in [0.5, 0.6) is 0 Å². The molecule has 0 aliphatic carbocycles. The van der Waals surface area contributed by atoms with Crippen molar-refractivity contribution in [2.45, 2.75) is 26.8 Å². The standard InChI is InChI=1S/C10H17BrN2O3/c1-6(11)5-12-9(16)13-7(8(14)15)10(2,3)4/h7H,1,5H2,2-4H3,(H,14,15)(H2,12,13,16). The summed E-state index contributed by atoms with van der Waals surface area (Å²) in [5, 5.41) is 13.8. The number of amides is 2. The summed E-state index contributed by atoms with van der Waals surface area (Å²) in [4.78, 5) is 22.3. The van der Waals surface area contributed by atoms with Crippen molar-refractivity contribution >= 4 is 27.9 Å². The first-order chi connectivity index (χ1) is 7.14. The Bertz CT molecular complexity index is 297. The van der Waals surface area contributed by atoms with Crippen LogP contribution < -0.4 is 10.6 Å². The lowest BCUT2D eigenvalue weighted by atomic mass is 9.87. The molecule has 0 bridgehead atoms. The zero-order valence-electron chi connectivity index (χ0n) is 9.63. The predicted octanol–water partition coefficient (Wildman–Crippen LogP) is 1.69. The molecule has 0 aliphatic rings. The van der Waals surface area contributed by atoms with Crippen molar-refractivity contribution in [3.63, 3.8) is 0 Å². The Balaban J connectivity index is 4.37. The summed E-state index contributed by atoms with van der Waals surface area (Å²) in [5.41, 5.74) is -0.547. The number of hydrogen-bond donors (Lipinski definition) is 3. The Morgan fingerprint density at radius 2 is 1.94 bits per heavy atom. The van der Waals surface area contributed by atoms with Crippen LogP contribution in [0.15, 0.2) is 11.1 Å². The van der Waals surface area contributed by atoms with Gasteiger partial charge in [0.15, 0.2) is 0 Å². The van der Waals surface area contributed by atoms with Gasteiger partial charge in [-0.1, -0.05) is 43.3 Å². The van der Waals surface area contributed by atoms with Gasteiger partial charge in [-0.2, -0.15) is 0 Å². The van der Waals surface area contributed by atoms with Gasteiger partial charge in [-0.3, -0.25) is 0 Å². The minimum atomic E-state index is -1.06. The number of rotatable bonds is 4. The Morgan fingerprint density at radius 3 is 2.25 bits per heavy atom. The molecule has 1 atom stereocenters. The number of nitrogens with one attached hydrogen (secondary N) is 2. The lowest BCUT2D eigenvalue weighted by Crippen LogP contribution is -2.52. The highest BCUT2D eigenvalue weighted by Gasteiger charge is 2.32. The molecule has 3 N–H and O–H groups in total. The van der Waals surface area contributed by atoms with E-state index in [0.717, 1.165) is 0 Å². The third kappa shape index (κ3) is 5.75.